The van der Waals surface area contributed by atoms with Gasteiger partial charge in [-0.05, 0) is 18.1 Å². The summed E-state index contributed by atoms with van der Waals surface area (Å²) in [4.78, 5) is 12.2. The average molecular weight is 271 g/mol. The number of hydrogen-bond acceptors (Lipinski definition) is 3. The SMILES string of the molecule is CCCc1cc(NC(=O)C2Cc3ccccc3O2)n[nH]1. The van der Waals surface area contributed by atoms with Gasteiger partial charge in [0.2, 0.25) is 0 Å². The lowest BCUT2D eigenvalue weighted by Gasteiger charge is -2.09. The van der Waals surface area contributed by atoms with Crippen molar-refractivity contribution in [3.8, 4) is 5.75 Å². The molecule has 0 aliphatic carbocycles. The molecule has 1 atom stereocenters. The first-order valence-corrected chi connectivity index (χ1v) is 6.86. The quantitative estimate of drug-likeness (QED) is 0.896. The van der Waals surface area contributed by atoms with Crippen molar-refractivity contribution in [3.63, 3.8) is 0 Å². The molecule has 5 nitrogen and oxygen atoms in total. The van der Waals surface area contributed by atoms with E-state index in [2.05, 4.69) is 22.4 Å². The number of H-pyrrole nitrogens is 1. The Hall–Kier alpha value is -2.30. The highest BCUT2D eigenvalue weighted by Crippen LogP contribution is 2.28. The smallest absolute Gasteiger partial charge is 0.266 e. The van der Waals surface area contributed by atoms with E-state index >= 15 is 0 Å². The molecule has 0 bridgehead atoms. The average Bonchev–Trinajstić information content (AvgIpc) is 3.05. The highest BCUT2D eigenvalue weighted by Gasteiger charge is 2.29. The van der Waals surface area contributed by atoms with Gasteiger partial charge in [-0.3, -0.25) is 9.89 Å². The van der Waals surface area contributed by atoms with E-state index in [1.54, 1.807) is 0 Å². The van der Waals surface area contributed by atoms with Crippen LogP contribution in [-0.4, -0.2) is 22.2 Å². The third-order valence-corrected chi connectivity index (χ3v) is 3.34. The summed E-state index contributed by atoms with van der Waals surface area (Å²) in [6.45, 7) is 2.10. The third kappa shape index (κ3) is 2.52. The maximum absolute atomic E-state index is 12.2. The fourth-order valence-electron chi connectivity index (χ4n) is 2.36. The molecular formula is C15H17N3O2. The van der Waals surface area contributed by atoms with Crippen LogP contribution in [-0.2, 0) is 17.6 Å². The van der Waals surface area contributed by atoms with E-state index < -0.39 is 6.10 Å². The predicted octanol–water partition coefficient (Wildman–Crippen LogP) is 2.30. The standard InChI is InChI=1S/C15H17N3O2/c1-2-5-11-9-14(18-17-11)16-15(19)13-8-10-6-3-4-7-12(10)20-13/h3-4,6-7,9,13H,2,5,8H2,1H3,(H2,16,17,18,19). The Morgan fingerprint density at radius 3 is 3.15 bits per heavy atom. The summed E-state index contributed by atoms with van der Waals surface area (Å²) in [5, 5.41) is 9.79. The number of anilines is 1. The van der Waals surface area contributed by atoms with Crippen LogP contribution in [0.4, 0.5) is 5.82 Å². The highest BCUT2D eigenvalue weighted by molar-refractivity contribution is 5.94. The van der Waals surface area contributed by atoms with Crippen molar-refractivity contribution in [1.82, 2.24) is 10.2 Å². The van der Waals surface area contributed by atoms with Gasteiger partial charge in [-0.15, -0.1) is 0 Å². The summed E-state index contributed by atoms with van der Waals surface area (Å²) in [5.74, 6) is 1.19. The molecule has 2 N–H and O–H groups in total. The van der Waals surface area contributed by atoms with Crippen molar-refractivity contribution in [2.24, 2.45) is 0 Å². The van der Waals surface area contributed by atoms with Crippen LogP contribution in [0.15, 0.2) is 30.3 Å². The molecule has 1 aromatic heterocycles. The van der Waals surface area contributed by atoms with Gasteiger partial charge in [0.1, 0.15) is 5.75 Å². The molecule has 20 heavy (non-hydrogen) atoms. The van der Waals surface area contributed by atoms with E-state index in [1.807, 2.05) is 30.3 Å². The number of fused-ring (bicyclic) bond motifs is 1. The number of carbonyl (C=O) groups is 1. The van der Waals surface area contributed by atoms with Crippen molar-refractivity contribution in [2.45, 2.75) is 32.3 Å². The van der Waals surface area contributed by atoms with Gasteiger partial charge in [0.05, 0.1) is 0 Å². The Morgan fingerprint density at radius 1 is 1.50 bits per heavy atom. The van der Waals surface area contributed by atoms with E-state index in [0.717, 1.165) is 29.8 Å². The summed E-state index contributed by atoms with van der Waals surface area (Å²) in [7, 11) is 0. The predicted molar refractivity (Wildman–Crippen MR) is 75.8 cm³/mol. The number of para-hydroxylation sites is 1. The number of carbonyl (C=O) groups excluding carboxylic acids is 1. The second-order valence-corrected chi connectivity index (χ2v) is 4.94. The molecule has 2 aromatic rings. The first-order chi connectivity index (χ1) is 9.76. The Labute approximate surface area is 117 Å². The Kier molecular flexibility index (Phi) is 3.41. The lowest BCUT2D eigenvalue weighted by atomic mass is 10.1. The number of aromatic amines is 1. The molecule has 2 heterocycles. The number of amides is 1. The molecule has 1 aliphatic rings. The normalized spacial score (nSPS) is 16.6. The highest BCUT2D eigenvalue weighted by atomic mass is 16.5. The molecule has 0 saturated heterocycles. The monoisotopic (exact) mass is 271 g/mol. The van der Waals surface area contributed by atoms with Crippen molar-refractivity contribution in [3.05, 3.63) is 41.6 Å². The van der Waals surface area contributed by atoms with Crippen LogP contribution < -0.4 is 10.1 Å². The van der Waals surface area contributed by atoms with Crippen LogP contribution >= 0.6 is 0 Å². The second-order valence-electron chi connectivity index (χ2n) is 4.94. The third-order valence-electron chi connectivity index (χ3n) is 3.34. The topological polar surface area (TPSA) is 67.0 Å². The minimum atomic E-state index is -0.473. The van der Waals surface area contributed by atoms with Gasteiger partial charge >= 0.3 is 0 Å². The molecule has 0 radical (unpaired) electrons. The van der Waals surface area contributed by atoms with E-state index in [1.165, 1.54) is 0 Å². The first-order valence-electron chi connectivity index (χ1n) is 6.86. The fourth-order valence-corrected chi connectivity index (χ4v) is 2.36. The Balaban J connectivity index is 1.63. The number of ether oxygens (including phenoxy) is 1. The molecule has 0 saturated carbocycles. The van der Waals surface area contributed by atoms with Crippen LogP contribution in [0.5, 0.6) is 5.75 Å². The summed E-state index contributed by atoms with van der Waals surface area (Å²) in [6.07, 6.45) is 2.10. The summed E-state index contributed by atoms with van der Waals surface area (Å²) in [5.41, 5.74) is 2.10. The minimum absolute atomic E-state index is 0.157. The van der Waals surface area contributed by atoms with Crippen molar-refractivity contribution >= 4 is 11.7 Å². The number of hydrogen-bond donors (Lipinski definition) is 2. The number of nitrogens with zero attached hydrogens (tertiary/aromatic N) is 1. The minimum Gasteiger partial charge on any atom is -0.480 e. The van der Waals surface area contributed by atoms with Gasteiger partial charge in [-0.2, -0.15) is 5.10 Å². The number of nitrogens with one attached hydrogen (secondary N) is 2. The molecule has 1 unspecified atom stereocenters. The molecule has 1 amide bonds. The summed E-state index contributed by atoms with van der Waals surface area (Å²) in [6, 6.07) is 9.59. The number of aryl methyl sites for hydroxylation is 1. The molecule has 104 valence electrons. The largest absolute Gasteiger partial charge is 0.480 e. The zero-order valence-corrected chi connectivity index (χ0v) is 11.3. The van der Waals surface area contributed by atoms with Crippen LogP contribution in [0, 0.1) is 0 Å². The zero-order chi connectivity index (χ0) is 13.9. The van der Waals surface area contributed by atoms with Gasteiger partial charge in [0, 0.05) is 18.2 Å². The van der Waals surface area contributed by atoms with Crippen molar-refractivity contribution in [2.75, 3.05) is 5.32 Å². The van der Waals surface area contributed by atoms with Crippen molar-refractivity contribution in [1.29, 1.82) is 0 Å². The molecule has 0 fully saturated rings. The van der Waals surface area contributed by atoms with E-state index in [9.17, 15) is 4.79 Å². The number of aromatic nitrogens is 2. The Morgan fingerprint density at radius 2 is 2.35 bits per heavy atom. The second kappa shape index (κ2) is 5.36. The molecule has 0 spiro atoms. The maximum Gasteiger partial charge on any atom is 0.266 e. The molecular weight excluding hydrogens is 254 g/mol. The zero-order valence-electron chi connectivity index (χ0n) is 11.3. The van der Waals surface area contributed by atoms with Gasteiger partial charge < -0.3 is 10.1 Å². The van der Waals surface area contributed by atoms with Gasteiger partial charge in [-0.1, -0.05) is 31.5 Å². The first kappa shape index (κ1) is 12.7. The van der Waals surface area contributed by atoms with E-state index in [4.69, 9.17) is 4.74 Å². The van der Waals surface area contributed by atoms with Gasteiger partial charge in [-0.25, -0.2) is 0 Å². The van der Waals surface area contributed by atoms with Crippen LogP contribution in [0.2, 0.25) is 0 Å². The maximum atomic E-state index is 12.2. The molecule has 1 aromatic carbocycles. The van der Waals surface area contributed by atoms with Crippen LogP contribution in [0.25, 0.3) is 0 Å². The van der Waals surface area contributed by atoms with Crippen molar-refractivity contribution < 1.29 is 9.53 Å². The Bertz CT molecular complexity index is 596. The van der Waals surface area contributed by atoms with Crippen LogP contribution in [0.3, 0.4) is 0 Å². The van der Waals surface area contributed by atoms with E-state index in [-0.39, 0.29) is 5.91 Å². The number of benzene rings is 1. The van der Waals surface area contributed by atoms with Crippen LogP contribution in [0.1, 0.15) is 24.6 Å². The van der Waals surface area contributed by atoms with E-state index in [0.29, 0.717) is 12.2 Å². The lowest BCUT2D eigenvalue weighted by Crippen LogP contribution is -2.31. The molecule has 1 aliphatic heterocycles. The van der Waals surface area contributed by atoms with Gasteiger partial charge in [0.25, 0.3) is 5.91 Å². The summed E-state index contributed by atoms with van der Waals surface area (Å²) < 4.78 is 5.65. The number of rotatable bonds is 4. The van der Waals surface area contributed by atoms with Gasteiger partial charge in [0.15, 0.2) is 11.9 Å². The molecule has 3 rings (SSSR count). The molecule has 5 heteroatoms. The fraction of sp³-hybridized carbons (Fsp3) is 0.333. The lowest BCUT2D eigenvalue weighted by molar-refractivity contribution is -0.122. The summed E-state index contributed by atoms with van der Waals surface area (Å²) >= 11 is 0.